The van der Waals surface area contributed by atoms with E-state index in [0.29, 0.717) is 12.5 Å². The van der Waals surface area contributed by atoms with Crippen LogP contribution in [0.3, 0.4) is 0 Å². The lowest BCUT2D eigenvalue weighted by molar-refractivity contribution is 0.303. The van der Waals surface area contributed by atoms with Gasteiger partial charge in [0.2, 0.25) is 5.95 Å². The summed E-state index contributed by atoms with van der Waals surface area (Å²) in [6, 6.07) is 3.83. The van der Waals surface area contributed by atoms with Crippen LogP contribution in [-0.2, 0) is 0 Å². The zero-order chi connectivity index (χ0) is 12.1. The fraction of sp³-hybridized carbons (Fsp3) is 0.250. The van der Waals surface area contributed by atoms with Crippen LogP contribution in [-0.4, -0.2) is 40.3 Å². The van der Waals surface area contributed by atoms with Crippen LogP contribution in [0.5, 0.6) is 0 Å². The largest absolute Gasteiger partial charge is 0.395 e. The van der Waals surface area contributed by atoms with Crippen LogP contribution in [0.1, 0.15) is 0 Å². The van der Waals surface area contributed by atoms with Gasteiger partial charge in [0.15, 0.2) is 0 Å². The molecule has 5 nitrogen and oxygen atoms in total. The predicted octanol–water partition coefficient (Wildman–Crippen LogP) is 0.967. The molecule has 0 saturated carbocycles. The van der Waals surface area contributed by atoms with Gasteiger partial charge in [0.1, 0.15) is 0 Å². The Morgan fingerprint density at radius 3 is 2.35 bits per heavy atom. The third kappa shape index (κ3) is 2.76. The van der Waals surface area contributed by atoms with Crippen molar-refractivity contribution in [3.63, 3.8) is 0 Å². The molecule has 0 saturated heterocycles. The molecule has 2 aromatic heterocycles. The van der Waals surface area contributed by atoms with E-state index >= 15 is 0 Å². The number of aliphatic hydroxyl groups is 1. The third-order valence-electron chi connectivity index (χ3n) is 2.43. The summed E-state index contributed by atoms with van der Waals surface area (Å²) >= 11 is 0. The lowest BCUT2D eigenvalue weighted by atomic mass is 10.1. The van der Waals surface area contributed by atoms with Crippen molar-refractivity contribution in [2.24, 2.45) is 0 Å². The first kappa shape index (κ1) is 11.5. The molecule has 0 radical (unpaired) electrons. The molecule has 0 unspecified atom stereocenters. The first-order valence-corrected chi connectivity index (χ1v) is 5.35. The van der Waals surface area contributed by atoms with Gasteiger partial charge in [-0.25, -0.2) is 9.97 Å². The number of nitrogens with zero attached hydrogens (tertiary/aromatic N) is 4. The number of aromatic nitrogens is 3. The van der Waals surface area contributed by atoms with Gasteiger partial charge in [-0.3, -0.25) is 4.98 Å². The molecule has 88 valence electrons. The summed E-state index contributed by atoms with van der Waals surface area (Å²) in [5.74, 6) is 0.608. The van der Waals surface area contributed by atoms with Crippen LogP contribution < -0.4 is 4.90 Å². The first-order chi connectivity index (χ1) is 8.31. The predicted molar refractivity (Wildman–Crippen MR) is 65.6 cm³/mol. The smallest absolute Gasteiger partial charge is 0.225 e. The maximum atomic E-state index is 8.83. The summed E-state index contributed by atoms with van der Waals surface area (Å²) < 4.78 is 0. The Bertz CT molecular complexity index is 458. The summed E-state index contributed by atoms with van der Waals surface area (Å²) in [5.41, 5.74) is 1.99. The van der Waals surface area contributed by atoms with Crippen molar-refractivity contribution in [2.45, 2.75) is 0 Å². The summed E-state index contributed by atoms with van der Waals surface area (Å²) in [4.78, 5) is 14.3. The van der Waals surface area contributed by atoms with E-state index in [0.717, 1.165) is 11.1 Å². The van der Waals surface area contributed by atoms with Crippen LogP contribution in [0.25, 0.3) is 11.1 Å². The van der Waals surface area contributed by atoms with Crippen molar-refractivity contribution >= 4 is 5.95 Å². The van der Waals surface area contributed by atoms with E-state index in [2.05, 4.69) is 15.0 Å². The number of rotatable bonds is 4. The van der Waals surface area contributed by atoms with Gasteiger partial charge in [-0.2, -0.15) is 0 Å². The lowest BCUT2D eigenvalue weighted by Gasteiger charge is -2.15. The average molecular weight is 230 g/mol. The Labute approximate surface area is 99.8 Å². The first-order valence-electron chi connectivity index (χ1n) is 5.35. The number of pyridine rings is 1. The van der Waals surface area contributed by atoms with Gasteiger partial charge in [-0.1, -0.05) is 0 Å². The highest BCUT2D eigenvalue weighted by Crippen LogP contribution is 2.17. The van der Waals surface area contributed by atoms with Crippen LogP contribution in [0.4, 0.5) is 5.95 Å². The molecular formula is C12H14N4O. The van der Waals surface area contributed by atoms with E-state index < -0.39 is 0 Å². The quantitative estimate of drug-likeness (QED) is 0.848. The Kier molecular flexibility index (Phi) is 3.62. The monoisotopic (exact) mass is 230 g/mol. The SMILES string of the molecule is CN(CCO)c1ncc(-c2ccncc2)cn1. The molecule has 2 rings (SSSR count). The molecule has 0 atom stereocenters. The molecule has 2 aromatic rings. The Hall–Kier alpha value is -2.01. The number of anilines is 1. The van der Waals surface area contributed by atoms with Gasteiger partial charge in [-0.05, 0) is 17.7 Å². The maximum Gasteiger partial charge on any atom is 0.225 e. The summed E-state index contributed by atoms with van der Waals surface area (Å²) in [7, 11) is 1.84. The molecule has 2 heterocycles. The van der Waals surface area contributed by atoms with Gasteiger partial charge in [0.25, 0.3) is 0 Å². The van der Waals surface area contributed by atoms with E-state index in [4.69, 9.17) is 5.11 Å². The molecule has 0 bridgehead atoms. The highest BCUT2D eigenvalue weighted by Gasteiger charge is 2.04. The second-order valence-corrected chi connectivity index (χ2v) is 3.65. The van der Waals surface area contributed by atoms with Crippen molar-refractivity contribution in [3.8, 4) is 11.1 Å². The Morgan fingerprint density at radius 2 is 1.76 bits per heavy atom. The minimum atomic E-state index is 0.0893. The Morgan fingerprint density at radius 1 is 1.12 bits per heavy atom. The van der Waals surface area contributed by atoms with E-state index in [1.165, 1.54) is 0 Å². The number of likely N-dealkylation sites (N-methyl/N-ethyl adjacent to an activating group) is 1. The van der Waals surface area contributed by atoms with Crippen LogP contribution in [0, 0.1) is 0 Å². The number of hydrogen-bond donors (Lipinski definition) is 1. The highest BCUT2D eigenvalue weighted by atomic mass is 16.3. The van der Waals surface area contributed by atoms with Gasteiger partial charge < -0.3 is 10.0 Å². The molecule has 0 amide bonds. The summed E-state index contributed by atoms with van der Waals surface area (Å²) in [6.07, 6.45) is 7.01. The molecule has 1 N–H and O–H groups in total. The average Bonchev–Trinajstić information content (AvgIpc) is 2.40. The molecule has 0 aliphatic carbocycles. The normalized spacial score (nSPS) is 10.2. The Balaban J connectivity index is 2.19. The van der Waals surface area contributed by atoms with Crippen molar-refractivity contribution in [1.29, 1.82) is 0 Å². The van der Waals surface area contributed by atoms with Crippen LogP contribution in [0.15, 0.2) is 36.9 Å². The van der Waals surface area contributed by atoms with Crippen LogP contribution in [0.2, 0.25) is 0 Å². The van der Waals surface area contributed by atoms with E-state index in [1.807, 2.05) is 19.2 Å². The van der Waals surface area contributed by atoms with E-state index in [1.54, 1.807) is 29.7 Å². The second-order valence-electron chi connectivity index (χ2n) is 3.65. The van der Waals surface area contributed by atoms with Crippen molar-refractivity contribution < 1.29 is 5.11 Å². The number of hydrogen-bond acceptors (Lipinski definition) is 5. The zero-order valence-electron chi connectivity index (χ0n) is 9.61. The standard InChI is InChI=1S/C12H14N4O/c1-16(6-7-17)12-14-8-11(9-15-12)10-2-4-13-5-3-10/h2-5,8-9,17H,6-7H2,1H3. The minimum Gasteiger partial charge on any atom is -0.395 e. The van der Waals surface area contributed by atoms with Crippen molar-refractivity contribution in [2.75, 3.05) is 25.1 Å². The topological polar surface area (TPSA) is 62.1 Å². The fourth-order valence-electron chi connectivity index (χ4n) is 1.46. The molecule has 0 spiro atoms. The molecule has 0 aliphatic heterocycles. The lowest BCUT2D eigenvalue weighted by Crippen LogP contribution is -2.23. The molecule has 0 aromatic carbocycles. The second kappa shape index (κ2) is 5.36. The van der Waals surface area contributed by atoms with Gasteiger partial charge >= 0.3 is 0 Å². The summed E-state index contributed by atoms with van der Waals surface area (Å²) in [5, 5.41) is 8.83. The fourth-order valence-corrected chi connectivity index (χ4v) is 1.46. The van der Waals surface area contributed by atoms with Gasteiger partial charge in [0.05, 0.1) is 6.61 Å². The maximum absolute atomic E-state index is 8.83. The molecular weight excluding hydrogens is 216 g/mol. The third-order valence-corrected chi connectivity index (χ3v) is 2.43. The van der Waals surface area contributed by atoms with Crippen molar-refractivity contribution in [3.05, 3.63) is 36.9 Å². The summed E-state index contributed by atoms with van der Waals surface area (Å²) in [6.45, 7) is 0.612. The molecule has 0 fully saturated rings. The van der Waals surface area contributed by atoms with E-state index in [-0.39, 0.29) is 6.61 Å². The highest BCUT2D eigenvalue weighted by molar-refractivity contribution is 5.61. The van der Waals surface area contributed by atoms with Gasteiger partial charge in [0, 0.05) is 43.9 Å². The molecule has 0 aliphatic rings. The molecule has 5 heteroatoms. The zero-order valence-corrected chi connectivity index (χ0v) is 9.61. The number of aliphatic hydroxyl groups excluding tert-OH is 1. The molecule has 17 heavy (non-hydrogen) atoms. The van der Waals surface area contributed by atoms with E-state index in [9.17, 15) is 0 Å². The van der Waals surface area contributed by atoms with Crippen molar-refractivity contribution in [1.82, 2.24) is 15.0 Å². The van der Waals surface area contributed by atoms with Crippen LogP contribution >= 0.6 is 0 Å². The van der Waals surface area contributed by atoms with Gasteiger partial charge in [-0.15, -0.1) is 0 Å². The minimum absolute atomic E-state index is 0.0893.